The fourth-order valence-corrected chi connectivity index (χ4v) is 1.14. The predicted octanol–water partition coefficient (Wildman–Crippen LogP) is 2.02. The lowest BCUT2D eigenvalue weighted by molar-refractivity contribution is 2.01. The topological polar surface area (TPSA) is 0 Å². The van der Waals surface area contributed by atoms with Crippen LogP contribution in [0.1, 0.15) is 0 Å². The van der Waals surface area contributed by atoms with Crippen molar-refractivity contribution in [2.75, 3.05) is 0 Å². The highest BCUT2D eigenvalue weighted by Crippen LogP contribution is 2.24. The first-order valence-corrected chi connectivity index (χ1v) is 3.22. The van der Waals surface area contributed by atoms with Crippen LogP contribution < -0.4 is 0 Å². The molecule has 0 aromatic carbocycles. The molecular weight excluding hydrogens is 112 g/mol. The number of hydrogen-bond donors (Lipinski definition) is 0. The highest BCUT2D eigenvalue weighted by Gasteiger charge is 1.91. The Morgan fingerprint density at radius 2 is 1.50 bits per heavy atom. The summed E-state index contributed by atoms with van der Waals surface area (Å²) < 4.78 is 0. The summed E-state index contributed by atoms with van der Waals surface area (Å²) in [5.74, 6) is 5.66. The molecule has 0 saturated carbocycles. The molecule has 1 aliphatic heterocycles. The first kappa shape index (κ1) is 4.60. The van der Waals surface area contributed by atoms with E-state index >= 15 is 0 Å². The first-order chi connectivity index (χ1) is 3.00. The van der Waals surface area contributed by atoms with Crippen molar-refractivity contribution in [2.24, 2.45) is 0 Å². The lowest BCUT2D eigenvalue weighted by atomic mass is 11.0. The Hall–Kier alpha value is 0.440. The van der Waals surface area contributed by atoms with E-state index in [1.807, 2.05) is 10.8 Å². The number of rotatable bonds is 0. The largest absolute Gasteiger partial charge is 0.122 e. The summed E-state index contributed by atoms with van der Waals surface area (Å²) >= 11 is 3.06. The molecule has 2 heteroatoms. The van der Waals surface area contributed by atoms with Crippen molar-refractivity contribution in [1.82, 2.24) is 0 Å². The minimum Gasteiger partial charge on any atom is -0.122 e. The summed E-state index contributed by atoms with van der Waals surface area (Å²) in [5.41, 5.74) is 0. The molecule has 30 valence electrons. The molecule has 0 aromatic rings. The van der Waals surface area contributed by atoms with Gasteiger partial charge in [-0.25, -0.2) is 0 Å². The summed E-state index contributed by atoms with van der Waals surface area (Å²) in [5, 5.41) is 3.95. The van der Waals surface area contributed by atoms with Crippen LogP contribution in [0.5, 0.6) is 0 Å². The molecule has 1 aliphatic rings. The van der Waals surface area contributed by atoms with E-state index in [4.69, 9.17) is 0 Å². The zero-order valence-electron chi connectivity index (χ0n) is 2.97. The molecule has 6 heavy (non-hydrogen) atoms. The maximum Gasteiger partial charge on any atom is 0.0738 e. The van der Waals surface area contributed by atoms with Crippen molar-refractivity contribution >= 4 is 23.5 Å². The minimum absolute atomic E-state index is 1.53. The molecule has 0 spiro atoms. The maximum absolute atomic E-state index is 2.83. The molecule has 0 fully saturated rings. The van der Waals surface area contributed by atoms with E-state index in [1.54, 1.807) is 0 Å². The average Bonchev–Trinajstić information content (AvgIpc) is 1.72. The Labute approximate surface area is 46.4 Å². The molecule has 0 amide bonds. The highest BCUT2D eigenvalue weighted by molar-refractivity contribution is 8.11. The summed E-state index contributed by atoms with van der Waals surface area (Å²) in [6.45, 7) is 0. The minimum atomic E-state index is 1.53. The highest BCUT2D eigenvalue weighted by atomic mass is 32.2. The monoisotopic (exact) mass is 114 g/mol. The van der Waals surface area contributed by atoms with E-state index in [2.05, 4.69) is 11.5 Å². The molecule has 0 aromatic heterocycles. The van der Waals surface area contributed by atoms with Crippen molar-refractivity contribution < 1.29 is 0 Å². The second-order valence-corrected chi connectivity index (χ2v) is 2.14. The Morgan fingerprint density at radius 3 is 1.67 bits per heavy atom. The molecule has 1 heterocycles. The van der Waals surface area contributed by atoms with Gasteiger partial charge in [0.2, 0.25) is 0 Å². The van der Waals surface area contributed by atoms with E-state index < -0.39 is 0 Å². The van der Waals surface area contributed by atoms with Crippen molar-refractivity contribution in [3.05, 3.63) is 22.3 Å². The van der Waals surface area contributed by atoms with E-state index in [1.165, 1.54) is 23.5 Å². The van der Waals surface area contributed by atoms with Crippen LogP contribution in [0.4, 0.5) is 0 Å². The summed E-state index contributed by atoms with van der Waals surface area (Å²) in [6, 6.07) is 0. The van der Waals surface area contributed by atoms with Gasteiger partial charge in [-0.15, -0.1) is 23.5 Å². The van der Waals surface area contributed by atoms with Crippen LogP contribution in [-0.4, -0.2) is 0 Å². The van der Waals surface area contributed by atoms with Gasteiger partial charge in [-0.05, 0) is 10.8 Å². The van der Waals surface area contributed by atoms with Crippen LogP contribution in [-0.2, 0) is 0 Å². The van der Waals surface area contributed by atoms with Gasteiger partial charge in [-0.3, -0.25) is 0 Å². The van der Waals surface area contributed by atoms with Gasteiger partial charge in [0, 0.05) is 0 Å². The second kappa shape index (κ2) is 2.59. The average molecular weight is 114 g/mol. The van der Waals surface area contributed by atoms with E-state index in [0.717, 1.165) is 0 Å². The molecule has 0 nitrogen and oxygen atoms in total. The Bertz CT molecular complexity index is 50.6. The van der Waals surface area contributed by atoms with Gasteiger partial charge < -0.3 is 0 Å². The van der Waals surface area contributed by atoms with E-state index in [9.17, 15) is 0 Å². The lowest BCUT2D eigenvalue weighted by Gasteiger charge is -1.94. The van der Waals surface area contributed by atoms with Gasteiger partial charge in [0.05, 0.1) is 11.5 Å². The van der Waals surface area contributed by atoms with E-state index in [0.29, 0.717) is 0 Å². The maximum atomic E-state index is 2.83. The Morgan fingerprint density at radius 1 is 1.00 bits per heavy atom. The molecule has 0 unspecified atom stereocenters. The van der Waals surface area contributed by atoms with Gasteiger partial charge in [0.15, 0.2) is 0 Å². The summed E-state index contributed by atoms with van der Waals surface area (Å²) in [6.07, 6.45) is 0. The first-order valence-electron chi connectivity index (χ1n) is 1.46. The van der Waals surface area contributed by atoms with Crippen LogP contribution in [0.2, 0.25) is 0 Å². The van der Waals surface area contributed by atoms with Crippen LogP contribution >= 0.6 is 23.5 Å². The van der Waals surface area contributed by atoms with Gasteiger partial charge in [0.1, 0.15) is 0 Å². The lowest BCUT2D eigenvalue weighted by Crippen LogP contribution is -1.64. The molecule has 0 bridgehead atoms. The predicted molar refractivity (Wildman–Crippen MR) is 30.8 cm³/mol. The molecule has 0 saturated heterocycles. The third kappa shape index (κ3) is 1.27. The Balaban J connectivity index is 2.26. The van der Waals surface area contributed by atoms with Gasteiger partial charge in [-0.1, -0.05) is 0 Å². The normalized spacial score (nSPS) is 21.3. The fourth-order valence-electron chi connectivity index (χ4n) is 0.172. The molecule has 0 aliphatic carbocycles. The molecule has 0 atom stereocenters. The third-order valence-corrected chi connectivity index (χ3v) is 1.64. The fraction of sp³-hybridized carbons (Fsp3) is 0. The molecule has 4 radical (unpaired) electrons. The third-order valence-electron chi connectivity index (χ3n) is 0.351. The second-order valence-electron chi connectivity index (χ2n) is 0.712. The van der Waals surface area contributed by atoms with E-state index in [-0.39, 0.29) is 0 Å². The van der Waals surface area contributed by atoms with Gasteiger partial charge >= 0.3 is 0 Å². The standard InChI is InChI=1S/C4H2S2/c1-2-6-4-3-5-1/h1-2H. The quantitative estimate of drug-likeness (QED) is 0.472. The molecule has 1 rings (SSSR count). The number of hydrogen-bond acceptors (Lipinski definition) is 2. The van der Waals surface area contributed by atoms with Crippen molar-refractivity contribution in [2.45, 2.75) is 0 Å². The van der Waals surface area contributed by atoms with Crippen molar-refractivity contribution in [3.8, 4) is 0 Å². The van der Waals surface area contributed by atoms with Crippen molar-refractivity contribution in [3.63, 3.8) is 0 Å². The van der Waals surface area contributed by atoms with Crippen molar-refractivity contribution in [1.29, 1.82) is 0 Å². The van der Waals surface area contributed by atoms with Gasteiger partial charge in [0.25, 0.3) is 0 Å². The summed E-state index contributed by atoms with van der Waals surface area (Å²) in [4.78, 5) is 0. The Kier molecular flexibility index (Phi) is 1.98. The SMILES string of the molecule is [C]1[C]SC=CS1. The molecule has 0 N–H and O–H groups in total. The zero-order valence-corrected chi connectivity index (χ0v) is 4.60. The van der Waals surface area contributed by atoms with Crippen LogP contribution in [0.15, 0.2) is 10.8 Å². The number of thioether (sulfide) groups is 2. The summed E-state index contributed by atoms with van der Waals surface area (Å²) in [7, 11) is 0. The van der Waals surface area contributed by atoms with Crippen LogP contribution in [0, 0.1) is 11.5 Å². The smallest absolute Gasteiger partial charge is 0.0738 e. The van der Waals surface area contributed by atoms with Crippen LogP contribution in [0.25, 0.3) is 0 Å². The van der Waals surface area contributed by atoms with Gasteiger partial charge in [-0.2, -0.15) is 0 Å². The zero-order chi connectivity index (χ0) is 4.24. The molecular formula is C4H2S2. The van der Waals surface area contributed by atoms with Crippen LogP contribution in [0.3, 0.4) is 0 Å².